The maximum atomic E-state index is 13.6. The number of halogens is 1. The fourth-order valence-corrected chi connectivity index (χ4v) is 2.35. The summed E-state index contributed by atoms with van der Waals surface area (Å²) >= 11 is 0. The van der Waals surface area contributed by atoms with E-state index in [1.807, 2.05) is 0 Å². The second-order valence-corrected chi connectivity index (χ2v) is 4.47. The van der Waals surface area contributed by atoms with E-state index in [-0.39, 0.29) is 23.8 Å². The number of β-lactam (4-membered cyclic amide) rings is 1. The Morgan fingerprint density at radius 3 is 2.62 bits per heavy atom. The molecule has 0 bridgehead atoms. The Kier molecular flexibility index (Phi) is 2.01. The van der Waals surface area contributed by atoms with Crippen LogP contribution in [0.15, 0.2) is 24.3 Å². The van der Waals surface area contributed by atoms with Gasteiger partial charge in [-0.3, -0.25) is 4.79 Å². The summed E-state index contributed by atoms with van der Waals surface area (Å²) in [6.45, 7) is 0. The van der Waals surface area contributed by atoms with Crippen molar-refractivity contribution in [2.75, 3.05) is 0 Å². The van der Waals surface area contributed by atoms with Crippen molar-refractivity contribution in [1.29, 1.82) is 0 Å². The van der Waals surface area contributed by atoms with E-state index in [0.717, 1.165) is 12.8 Å². The van der Waals surface area contributed by atoms with Gasteiger partial charge in [-0.2, -0.15) is 0 Å². The lowest BCUT2D eigenvalue weighted by Crippen LogP contribution is -2.63. The van der Waals surface area contributed by atoms with Crippen molar-refractivity contribution >= 4 is 5.91 Å². The quantitative estimate of drug-likeness (QED) is 0.761. The number of carbonyl (C=O) groups is 1. The third-order valence-corrected chi connectivity index (χ3v) is 3.34. The summed E-state index contributed by atoms with van der Waals surface area (Å²) in [5.74, 6) is -0.322. The fraction of sp³-hybridized carbons (Fsp3) is 0.417. The number of hydrogen-bond acceptors (Lipinski definition) is 2. The van der Waals surface area contributed by atoms with Gasteiger partial charge in [-0.1, -0.05) is 18.2 Å². The highest BCUT2D eigenvalue weighted by Crippen LogP contribution is 2.43. The van der Waals surface area contributed by atoms with E-state index in [4.69, 9.17) is 5.73 Å². The molecule has 4 heteroatoms. The van der Waals surface area contributed by atoms with Crippen molar-refractivity contribution in [1.82, 2.24) is 4.90 Å². The highest BCUT2D eigenvalue weighted by atomic mass is 19.1. The number of likely N-dealkylation sites (tertiary alicyclic amines) is 1. The van der Waals surface area contributed by atoms with Gasteiger partial charge in [-0.05, 0) is 18.9 Å². The molecule has 0 unspecified atom stereocenters. The summed E-state index contributed by atoms with van der Waals surface area (Å²) < 4.78 is 13.6. The summed E-state index contributed by atoms with van der Waals surface area (Å²) in [4.78, 5) is 13.4. The Balaban J connectivity index is 1.94. The van der Waals surface area contributed by atoms with Crippen LogP contribution in [0.1, 0.15) is 24.4 Å². The number of benzene rings is 1. The number of nitrogens with two attached hydrogens (primary N) is 1. The first-order valence-electron chi connectivity index (χ1n) is 5.52. The monoisotopic (exact) mass is 220 g/mol. The van der Waals surface area contributed by atoms with Crippen LogP contribution in [0.3, 0.4) is 0 Å². The van der Waals surface area contributed by atoms with Crippen LogP contribution in [0.25, 0.3) is 0 Å². The van der Waals surface area contributed by atoms with Crippen LogP contribution in [0.2, 0.25) is 0 Å². The molecular weight excluding hydrogens is 207 g/mol. The molecule has 1 aromatic carbocycles. The average Bonchev–Trinajstić information content (AvgIpc) is 3.10. The Morgan fingerprint density at radius 1 is 1.31 bits per heavy atom. The Hall–Kier alpha value is -1.42. The molecule has 1 aliphatic heterocycles. The second-order valence-electron chi connectivity index (χ2n) is 4.47. The molecule has 2 fully saturated rings. The number of nitrogens with zero attached hydrogens (tertiary/aromatic N) is 1. The highest BCUT2D eigenvalue weighted by molar-refractivity contribution is 5.90. The molecule has 3 rings (SSSR count). The highest BCUT2D eigenvalue weighted by Gasteiger charge is 2.52. The van der Waals surface area contributed by atoms with Crippen molar-refractivity contribution < 1.29 is 9.18 Å². The predicted octanol–water partition coefficient (Wildman–Crippen LogP) is 1.20. The molecular formula is C12H13FN2O. The van der Waals surface area contributed by atoms with Crippen molar-refractivity contribution in [2.24, 2.45) is 5.73 Å². The molecule has 16 heavy (non-hydrogen) atoms. The van der Waals surface area contributed by atoms with E-state index < -0.39 is 6.04 Å². The first-order chi connectivity index (χ1) is 7.70. The van der Waals surface area contributed by atoms with Crippen molar-refractivity contribution in [3.63, 3.8) is 0 Å². The molecule has 1 amide bonds. The van der Waals surface area contributed by atoms with E-state index in [2.05, 4.69) is 0 Å². The molecule has 0 spiro atoms. The van der Waals surface area contributed by atoms with Crippen LogP contribution >= 0.6 is 0 Å². The Labute approximate surface area is 93.0 Å². The third kappa shape index (κ3) is 1.26. The molecule has 2 atom stereocenters. The van der Waals surface area contributed by atoms with Gasteiger partial charge in [-0.15, -0.1) is 0 Å². The second kappa shape index (κ2) is 3.28. The summed E-state index contributed by atoms with van der Waals surface area (Å²) in [7, 11) is 0. The van der Waals surface area contributed by atoms with Crippen LogP contribution in [0.4, 0.5) is 4.39 Å². The lowest BCUT2D eigenvalue weighted by molar-refractivity contribution is -0.150. The topological polar surface area (TPSA) is 46.3 Å². The minimum atomic E-state index is -0.572. The van der Waals surface area contributed by atoms with Crippen LogP contribution in [-0.4, -0.2) is 22.9 Å². The van der Waals surface area contributed by atoms with Gasteiger partial charge < -0.3 is 10.6 Å². The van der Waals surface area contributed by atoms with E-state index in [0.29, 0.717) is 5.56 Å². The van der Waals surface area contributed by atoms with E-state index >= 15 is 0 Å². The summed E-state index contributed by atoms with van der Waals surface area (Å²) in [5, 5.41) is 0. The molecule has 1 aliphatic carbocycles. The van der Waals surface area contributed by atoms with Gasteiger partial charge >= 0.3 is 0 Å². The fourth-order valence-electron chi connectivity index (χ4n) is 2.35. The van der Waals surface area contributed by atoms with Crippen LogP contribution in [0, 0.1) is 5.82 Å². The lowest BCUT2D eigenvalue weighted by Gasteiger charge is -2.46. The smallest absolute Gasteiger partial charge is 0.242 e. The average molecular weight is 220 g/mol. The van der Waals surface area contributed by atoms with Gasteiger partial charge in [0.25, 0.3) is 0 Å². The lowest BCUT2D eigenvalue weighted by atomic mass is 9.88. The first kappa shape index (κ1) is 9.78. The van der Waals surface area contributed by atoms with Crippen LogP contribution in [0.5, 0.6) is 0 Å². The molecule has 3 nitrogen and oxygen atoms in total. The maximum Gasteiger partial charge on any atom is 0.242 e. The van der Waals surface area contributed by atoms with Crippen molar-refractivity contribution in [2.45, 2.75) is 31.0 Å². The molecule has 0 aromatic heterocycles. The summed E-state index contributed by atoms with van der Waals surface area (Å²) in [5.41, 5.74) is 6.31. The molecule has 2 aliphatic rings. The predicted molar refractivity (Wildman–Crippen MR) is 57.0 cm³/mol. The van der Waals surface area contributed by atoms with Gasteiger partial charge in [0.2, 0.25) is 5.91 Å². The normalized spacial score (nSPS) is 29.1. The zero-order valence-corrected chi connectivity index (χ0v) is 8.77. The summed E-state index contributed by atoms with van der Waals surface area (Å²) in [6, 6.07) is 6.00. The number of amides is 1. The third-order valence-electron chi connectivity index (χ3n) is 3.34. The van der Waals surface area contributed by atoms with Crippen LogP contribution < -0.4 is 5.73 Å². The standard InChI is InChI=1S/C12H13FN2O/c13-9-4-2-1-3-8(9)11-10(14)12(16)15(11)7-5-6-7/h1-4,7,10-11H,5-6,14H2/t10-,11+/m1/s1. The van der Waals surface area contributed by atoms with Crippen molar-refractivity contribution in [3.05, 3.63) is 35.6 Å². The number of rotatable bonds is 2. The summed E-state index contributed by atoms with van der Waals surface area (Å²) in [6.07, 6.45) is 2.03. The molecule has 1 saturated heterocycles. The van der Waals surface area contributed by atoms with Gasteiger partial charge in [0.1, 0.15) is 11.9 Å². The minimum Gasteiger partial charge on any atom is -0.329 e. The van der Waals surface area contributed by atoms with E-state index in [1.165, 1.54) is 6.07 Å². The van der Waals surface area contributed by atoms with Gasteiger partial charge in [-0.25, -0.2) is 4.39 Å². The Bertz CT molecular complexity index is 444. The first-order valence-corrected chi connectivity index (χ1v) is 5.52. The SMILES string of the molecule is N[C@H]1C(=O)N(C2CC2)[C@H]1c1ccccc1F. The Morgan fingerprint density at radius 2 is 2.00 bits per heavy atom. The van der Waals surface area contributed by atoms with Gasteiger partial charge in [0.05, 0.1) is 6.04 Å². The van der Waals surface area contributed by atoms with Gasteiger partial charge in [0.15, 0.2) is 0 Å². The molecule has 1 aromatic rings. The minimum absolute atomic E-state index is 0.0456. The van der Waals surface area contributed by atoms with Crippen LogP contribution in [-0.2, 0) is 4.79 Å². The largest absolute Gasteiger partial charge is 0.329 e. The maximum absolute atomic E-state index is 13.6. The number of hydrogen-bond donors (Lipinski definition) is 1. The molecule has 84 valence electrons. The van der Waals surface area contributed by atoms with Crippen molar-refractivity contribution in [3.8, 4) is 0 Å². The number of carbonyl (C=O) groups excluding carboxylic acids is 1. The zero-order valence-electron chi connectivity index (χ0n) is 8.77. The molecule has 1 heterocycles. The van der Waals surface area contributed by atoms with E-state index in [1.54, 1.807) is 23.1 Å². The molecule has 2 N–H and O–H groups in total. The van der Waals surface area contributed by atoms with E-state index in [9.17, 15) is 9.18 Å². The molecule has 1 saturated carbocycles. The molecule has 0 radical (unpaired) electrons. The van der Waals surface area contributed by atoms with Gasteiger partial charge in [0, 0.05) is 11.6 Å². The zero-order chi connectivity index (χ0) is 11.3.